The summed E-state index contributed by atoms with van der Waals surface area (Å²) in [6.07, 6.45) is 0.886. The normalized spacial score (nSPS) is 9.96. The lowest BCUT2D eigenvalue weighted by molar-refractivity contribution is -0.384. The first-order valence-electron chi connectivity index (χ1n) is 7.59. The zero-order valence-corrected chi connectivity index (χ0v) is 13.5. The van der Waals surface area contributed by atoms with E-state index in [0.29, 0.717) is 17.9 Å². The highest BCUT2D eigenvalue weighted by molar-refractivity contribution is 5.99. The molecule has 0 heterocycles. The predicted octanol–water partition coefficient (Wildman–Crippen LogP) is 2.46. The van der Waals surface area contributed by atoms with Crippen LogP contribution < -0.4 is 15.6 Å². The Kier molecular flexibility index (Phi) is 6.05. The van der Waals surface area contributed by atoms with E-state index in [1.807, 2.05) is 6.92 Å². The van der Waals surface area contributed by atoms with Crippen molar-refractivity contribution >= 4 is 17.5 Å². The van der Waals surface area contributed by atoms with Crippen LogP contribution in [0.4, 0.5) is 5.69 Å². The molecule has 0 unspecified atom stereocenters. The van der Waals surface area contributed by atoms with Gasteiger partial charge in [0.15, 0.2) is 0 Å². The van der Waals surface area contributed by atoms with E-state index in [1.54, 1.807) is 24.3 Å². The molecule has 130 valence electrons. The summed E-state index contributed by atoms with van der Waals surface area (Å²) in [6, 6.07) is 11.5. The average Bonchev–Trinajstić information content (AvgIpc) is 2.64. The number of hydrogen-bond acceptors (Lipinski definition) is 5. The predicted molar refractivity (Wildman–Crippen MR) is 90.3 cm³/mol. The summed E-state index contributed by atoms with van der Waals surface area (Å²) in [6.45, 7) is 2.59. The van der Waals surface area contributed by atoms with Crippen molar-refractivity contribution in [3.63, 3.8) is 0 Å². The van der Waals surface area contributed by atoms with Crippen LogP contribution in [0, 0.1) is 10.1 Å². The van der Waals surface area contributed by atoms with Crippen LogP contribution in [0.3, 0.4) is 0 Å². The van der Waals surface area contributed by atoms with Gasteiger partial charge in [-0.25, -0.2) is 0 Å². The van der Waals surface area contributed by atoms with Crippen molar-refractivity contribution in [1.29, 1.82) is 0 Å². The van der Waals surface area contributed by atoms with Gasteiger partial charge in [-0.05, 0) is 42.8 Å². The number of ether oxygens (including phenoxy) is 1. The Bertz CT molecular complexity index is 757. The Morgan fingerprint density at radius 3 is 1.88 bits per heavy atom. The lowest BCUT2D eigenvalue weighted by Crippen LogP contribution is -2.41. The molecule has 0 fully saturated rings. The van der Waals surface area contributed by atoms with Gasteiger partial charge in [0.25, 0.3) is 17.5 Å². The van der Waals surface area contributed by atoms with E-state index in [2.05, 4.69) is 10.9 Å². The Hall–Kier alpha value is -3.42. The maximum Gasteiger partial charge on any atom is 0.269 e. The van der Waals surface area contributed by atoms with Gasteiger partial charge < -0.3 is 4.74 Å². The van der Waals surface area contributed by atoms with Crippen LogP contribution in [0.5, 0.6) is 5.75 Å². The van der Waals surface area contributed by atoms with Crippen molar-refractivity contribution in [3.8, 4) is 5.75 Å². The van der Waals surface area contributed by atoms with E-state index < -0.39 is 16.7 Å². The zero-order valence-electron chi connectivity index (χ0n) is 13.5. The highest BCUT2D eigenvalue weighted by atomic mass is 16.6. The van der Waals surface area contributed by atoms with Gasteiger partial charge in [0.05, 0.1) is 11.5 Å². The monoisotopic (exact) mass is 343 g/mol. The summed E-state index contributed by atoms with van der Waals surface area (Å²) in [5, 5.41) is 10.6. The number of nitro groups is 1. The summed E-state index contributed by atoms with van der Waals surface area (Å²) < 4.78 is 5.42. The molecule has 0 aliphatic rings. The van der Waals surface area contributed by atoms with Crippen molar-refractivity contribution in [3.05, 3.63) is 69.8 Å². The smallest absolute Gasteiger partial charge is 0.269 e. The topological polar surface area (TPSA) is 111 Å². The van der Waals surface area contributed by atoms with Crippen molar-refractivity contribution in [1.82, 2.24) is 10.9 Å². The van der Waals surface area contributed by atoms with Crippen LogP contribution in [0.25, 0.3) is 0 Å². The molecule has 0 spiro atoms. The number of rotatable bonds is 6. The molecule has 2 aromatic rings. The number of nitro benzene ring substituents is 1. The maximum atomic E-state index is 12.0. The lowest BCUT2D eigenvalue weighted by atomic mass is 10.2. The third-order valence-corrected chi connectivity index (χ3v) is 3.22. The van der Waals surface area contributed by atoms with Crippen LogP contribution in [0.15, 0.2) is 48.5 Å². The Labute approximate surface area is 143 Å². The van der Waals surface area contributed by atoms with Gasteiger partial charge in [0, 0.05) is 23.3 Å². The number of carbonyl (C=O) groups is 2. The standard InChI is InChI=1S/C17H17N3O5/c1-2-11-25-15-9-5-13(6-10-15)17(22)19-18-16(21)12-3-7-14(8-4-12)20(23)24/h3-10H,2,11H2,1H3,(H,18,21)(H,19,22). The molecule has 0 radical (unpaired) electrons. The molecule has 0 aliphatic carbocycles. The van der Waals surface area contributed by atoms with Gasteiger partial charge in [-0.1, -0.05) is 6.92 Å². The average molecular weight is 343 g/mol. The number of nitrogens with zero attached hydrogens (tertiary/aromatic N) is 1. The van der Waals surface area contributed by atoms with E-state index >= 15 is 0 Å². The third kappa shape index (κ3) is 5.03. The summed E-state index contributed by atoms with van der Waals surface area (Å²) in [5.41, 5.74) is 4.96. The molecular weight excluding hydrogens is 326 g/mol. The highest BCUT2D eigenvalue weighted by Gasteiger charge is 2.11. The third-order valence-electron chi connectivity index (χ3n) is 3.22. The van der Waals surface area contributed by atoms with Gasteiger partial charge in [0.1, 0.15) is 5.75 Å². The van der Waals surface area contributed by atoms with Crippen molar-refractivity contribution in [2.45, 2.75) is 13.3 Å². The van der Waals surface area contributed by atoms with Gasteiger partial charge in [-0.2, -0.15) is 0 Å². The molecule has 0 atom stereocenters. The summed E-state index contributed by atoms with van der Waals surface area (Å²) in [5.74, 6) is -0.406. The maximum absolute atomic E-state index is 12.0. The molecule has 8 heteroatoms. The van der Waals surface area contributed by atoms with Crippen LogP contribution in [-0.4, -0.2) is 23.3 Å². The number of hydrazine groups is 1. The fraction of sp³-hybridized carbons (Fsp3) is 0.176. The Morgan fingerprint density at radius 1 is 0.960 bits per heavy atom. The minimum absolute atomic E-state index is 0.119. The number of amides is 2. The van der Waals surface area contributed by atoms with Gasteiger partial charge in [0.2, 0.25) is 0 Å². The van der Waals surface area contributed by atoms with Crippen molar-refractivity contribution in [2.24, 2.45) is 0 Å². The molecular formula is C17H17N3O5. The van der Waals surface area contributed by atoms with E-state index in [0.717, 1.165) is 6.42 Å². The van der Waals surface area contributed by atoms with E-state index in [9.17, 15) is 19.7 Å². The van der Waals surface area contributed by atoms with Gasteiger partial charge in [-0.3, -0.25) is 30.6 Å². The molecule has 0 saturated heterocycles. The van der Waals surface area contributed by atoms with E-state index in [1.165, 1.54) is 24.3 Å². The first kappa shape index (κ1) is 17.9. The molecule has 2 aromatic carbocycles. The van der Waals surface area contributed by atoms with Crippen LogP contribution in [-0.2, 0) is 0 Å². The number of non-ortho nitro benzene ring substituents is 1. The first-order chi connectivity index (χ1) is 12.0. The second kappa shape index (κ2) is 8.44. The van der Waals surface area contributed by atoms with Crippen molar-refractivity contribution in [2.75, 3.05) is 6.61 Å². The number of nitrogens with one attached hydrogen (secondary N) is 2. The molecule has 8 nitrogen and oxygen atoms in total. The summed E-state index contributed by atoms with van der Waals surface area (Å²) >= 11 is 0. The summed E-state index contributed by atoms with van der Waals surface area (Å²) in [7, 11) is 0. The van der Waals surface area contributed by atoms with E-state index in [4.69, 9.17) is 4.74 Å². The Balaban J connectivity index is 1.90. The minimum atomic E-state index is -0.578. The van der Waals surface area contributed by atoms with E-state index in [-0.39, 0.29) is 11.3 Å². The Morgan fingerprint density at radius 2 is 1.44 bits per heavy atom. The first-order valence-corrected chi connectivity index (χ1v) is 7.59. The van der Waals surface area contributed by atoms with Gasteiger partial charge in [-0.15, -0.1) is 0 Å². The number of hydrogen-bond donors (Lipinski definition) is 2. The molecule has 2 rings (SSSR count). The molecule has 0 bridgehead atoms. The largest absolute Gasteiger partial charge is 0.494 e. The minimum Gasteiger partial charge on any atom is -0.494 e. The lowest BCUT2D eigenvalue weighted by Gasteiger charge is -2.08. The zero-order chi connectivity index (χ0) is 18.2. The van der Waals surface area contributed by atoms with Crippen LogP contribution in [0.1, 0.15) is 34.1 Å². The molecule has 0 aromatic heterocycles. The fourth-order valence-corrected chi connectivity index (χ4v) is 1.91. The highest BCUT2D eigenvalue weighted by Crippen LogP contribution is 2.13. The number of carbonyl (C=O) groups excluding carboxylic acids is 2. The van der Waals surface area contributed by atoms with Crippen LogP contribution >= 0.6 is 0 Å². The molecule has 2 N–H and O–H groups in total. The van der Waals surface area contributed by atoms with Crippen LogP contribution in [0.2, 0.25) is 0 Å². The SMILES string of the molecule is CCCOc1ccc(C(=O)NNC(=O)c2ccc([N+](=O)[O-])cc2)cc1. The van der Waals surface area contributed by atoms with Gasteiger partial charge >= 0.3 is 0 Å². The second-order valence-electron chi connectivity index (χ2n) is 5.09. The molecule has 0 aliphatic heterocycles. The second-order valence-corrected chi connectivity index (χ2v) is 5.09. The molecule has 0 saturated carbocycles. The molecule has 2 amide bonds. The number of benzene rings is 2. The quantitative estimate of drug-likeness (QED) is 0.618. The fourth-order valence-electron chi connectivity index (χ4n) is 1.91. The van der Waals surface area contributed by atoms with Crippen molar-refractivity contribution < 1.29 is 19.2 Å². The molecule has 25 heavy (non-hydrogen) atoms. The summed E-state index contributed by atoms with van der Waals surface area (Å²) in [4.78, 5) is 33.9.